The van der Waals surface area contributed by atoms with Gasteiger partial charge in [-0.15, -0.1) is 0 Å². The van der Waals surface area contributed by atoms with Crippen LogP contribution in [0, 0.1) is 10.8 Å². The van der Waals surface area contributed by atoms with Gasteiger partial charge in [-0.2, -0.15) is 0 Å². The minimum atomic E-state index is 0.186. The number of fused-ring (bicyclic) bond motifs is 3. The van der Waals surface area contributed by atoms with Crippen LogP contribution in [-0.4, -0.2) is 9.97 Å². The second-order valence-electron chi connectivity index (χ2n) is 9.12. The molecule has 0 spiro atoms. The summed E-state index contributed by atoms with van der Waals surface area (Å²) >= 11 is 0. The minimum absolute atomic E-state index is 0.186. The number of rotatable bonds is 2. The quantitative estimate of drug-likeness (QED) is 0.514. The van der Waals surface area contributed by atoms with Crippen LogP contribution in [0.3, 0.4) is 0 Å². The molecule has 1 atom stereocenters. The van der Waals surface area contributed by atoms with E-state index in [0.29, 0.717) is 5.92 Å². The molecule has 0 radical (unpaired) electrons. The second-order valence-corrected chi connectivity index (χ2v) is 9.12. The van der Waals surface area contributed by atoms with Crippen LogP contribution < -0.4 is 0 Å². The van der Waals surface area contributed by atoms with E-state index < -0.39 is 0 Å². The summed E-state index contributed by atoms with van der Waals surface area (Å²) < 4.78 is 0. The van der Waals surface area contributed by atoms with Crippen LogP contribution >= 0.6 is 0 Å². The van der Waals surface area contributed by atoms with E-state index >= 15 is 0 Å². The Bertz CT molecular complexity index is 866. The Morgan fingerprint density at radius 1 is 0.875 bits per heavy atom. The summed E-state index contributed by atoms with van der Waals surface area (Å²) in [7, 11) is 0. The highest BCUT2D eigenvalue weighted by Gasteiger charge is 2.32. The molecule has 3 rings (SSSR count). The molecule has 1 unspecified atom stereocenters. The third kappa shape index (κ3) is 3.28. The summed E-state index contributed by atoms with van der Waals surface area (Å²) in [5.74, 6) is 0.466. The van der Waals surface area contributed by atoms with Gasteiger partial charge in [0, 0.05) is 23.2 Å². The van der Waals surface area contributed by atoms with E-state index in [2.05, 4.69) is 69.7 Å². The molecule has 0 N–H and O–H groups in total. The maximum absolute atomic E-state index is 4.67. The van der Waals surface area contributed by atoms with Crippen LogP contribution in [-0.2, 0) is 0 Å². The number of hydrogen-bond acceptors (Lipinski definition) is 2. The highest BCUT2D eigenvalue weighted by atomic mass is 14.7. The van der Waals surface area contributed by atoms with Gasteiger partial charge in [0.1, 0.15) is 0 Å². The molecule has 2 heterocycles. The van der Waals surface area contributed by atoms with Crippen molar-refractivity contribution in [3.63, 3.8) is 0 Å². The molecule has 0 amide bonds. The van der Waals surface area contributed by atoms with Crippen LogP contribution in [0.25, 0.3) is 21.8 Å². The summed E-state index contributed by atoms with van der Waals surface area (Å²) in [5, 5.41) is 2.43. The van der Waals surface area contributed by atoms with Crippen molar-refractivity contribution in [1.29, 1.82) is 0 Å². The van der Waals surface area contributed by atoms with Gasteiger partial charge in [-0.3, -0.25) is 9.97 Å². The molecule has 0 fully saturated rings. The topological polar surface area (TPSA) is 25.8 Å². The first-order valence-electron chi connectivity index (χ1n) is 8.79. The van der Waals surface area contributed by atoms with Crippen molar-refractivity contribution >= 4 is 21.8 Å². The Morgan fingerprint density at radius 2 is 1.50 bits per heavy atom. The third-order valence-corrected chi connectivity index (χ3v) is 4.73. The van der Waals surface area contributed by atoms with Gasteiger partial charge in [-0.05, 0) is 46.9 Å². The van der Waals surface area contributed by atoms with Crippen LogP contribution in [0.1, 0.15) is 59.4 Å². The van der Waals surface area contributed by atoms with Crippen molar-refractivity contribution in [3.05, 3.63) is 48.3 Å². The smallest absolute Gasteiger partial charge is 0.0967 e. The predicted molar refractivity (Wildman–Crippen MR) is 103 cm³/mol. The fourth-order valence-corrected chi connectivity index (χ4v) is 3.59. The number of benzene rings is 1. The lowest BCUT2D eigenvalue weighted by atomic mass is 9.68. The van der Waals surface area contributed by atoms with Crippen molar-refractivity contribution in [2.45, 2.75) is 53.9 Å². The molecule has 0 aliphatic rings. The summed E-state index contributed by atoms with van der Waals surface area (Å²) in [4.78, 5) is 9.25. The van der Waals surface area contributed by atoms with Gasteiger partial charge in [-0.1, -0.05) is 53.7 Å². The molecule has 0 saturated carbocycles. The van der Waals surface area contributed by atoms with Crippen LogP contribution in [0.2, 0.25) is 0 Å². The van der Waals surface area contributed by atoms with Gasteiger partial charge >= 0.3 is 0 Å². The molecule has 126 valence electrons. The van der Waals surface area contributed by atoms with E-state index in [0.717, 1.165) is 17.5 Å². The Hall–Kier alpha value is -1.96. The third-order valence-electron chi connectivity index (χ3n) is 4.73. The maximum atomic E-state index is 4.67. The summed E-state index contributed by atoms with van der Waals surface area (Å²) in [6, 6.07) is 10.7. The SMILES string of the molecule is CC(C)(C)CC(c1cc2cccnc2c2ncccc12)C(C)(C)C. The fraction of sp³-hybridized carbons (Fsp3) is 0.455. The highest BCUT2D eigenvalue weighted by Crippen LogP contribution is 2.46. The first-order valence-corrected chi connectivity index (χ1v) is 8.79. The van der Waals surface area contributed by atoms with E-state index in [1.54, 1.807) is 0 Å². The zero-order valence-electron chi connectivity index (χ0n) is 15.7. The molecule has 0 bridgehead atoms. The molecule has 2 heteroatoms. The molecular formula is C22H28N2. The molecule has 0 aliphatic carbocycles. The Kier molecular flexibility index (Phi) is 4.11. The number of hydrogen-bond donors (Lipinski definition) is 0. The second kappa shape index (κ2) is 5.84. The largest absolute Gasteiger partial charge is 0.254 e. The zero-order chi connectivity index (χ0) is 17.5. The predicted octanol–water partition coefficient (Wildman–Crippen LogP) is 6.35. The van der Waals surface area contributed by atoms with Gasteiger partial charge in [0.25, 0.3) is 0 Å². The first-order chi connectivity index (χ1) is 11.2. The number of pyridine rings is 2. The fourth-order valence-electron chi connectivity index (χ4n) is 3.59. The van der Waals surface area contributed by atoms with Gasteiger partial charge in [0.2, 0.25) is 0 Å². The number of nitrogens with zero attached hydrogens (tertiary/aromatic N) is 2. The van der Waals surface area contributed by atoms with E-state index in [-0.39, 0.29) is 10.8 Å². The highest BCUT2D eigenvalue weighted by molar-refractivity contribution is 6.04. The van der Waals surface area contributed by atoms with Crippen LogP contribution in [0.15, 0.2) is 42.7 Å². The summed E-state index contributed by atoms with van der Waals surface area (Å²) in [6.07, 6.45) is 4.87. The first kappa shape index (κ1) is 16.9. The standard InChI is InChI=1S/C22H28N2/c1-21(2,3)14-18(22(4,5)6)17-13-15-9-7-11-23-19(15)20-16(17)10-8-12-24-20/h7-13,18H,14H2,1-6H3. The molecule has 2 aromatic heterocycles. The van der Waals surface area contributed by atoms with Crippen molar-refractivity contribution < 1.29 is 0 Å². The van der Waals surface area contributed by atoms with Crippen LogP contribution in [0.4, 0.5) is 0 Å². The van der Waals surface area contributed by atoms with Gasteiger partial charge in [0.05, 0.1) is 11.0 Å². The van der Waals surface area contributed by atoms with Crippen molar-refractivity contribution in [2.24, 2.45) is 10.8 Å². The molecule has 2 nitrogen and oxygen atoms in total. The average Bonchev–Trinajstić information content (AvgIpc) is 2.50. The van der Waals surface area contributed by atoms with Crippen molar-refractivity contribution in [3.8, 4) is 0 Å². The van der Waals surface area contributed by atoms with Crippen molar-refractivity contribution in [2.75, 3.05) is 0 Å². The normalized spacial score (nSPS) is 14.2. The molecule has 24 heavy (non-hydrogen) atoms. The van der Waals surface area contributed by atoms with E-state index in [1.807, 2.05) is 24.5 Å². The molecule has 1 aromatic carbocycles. The Balaban J connectivity index is 2.33. The van der Waals surface area contributed by atoms with Gasteiger partial charge in [-0.25, -0.2) is 0 Å². The Labute approximate surface area is 145 Å². The molecule has 0 aliphatic heterocycles. The van der Waals surface area contributed by atoms with Gasteiger partial charge in [0.15, 0.2) is 0 Å². The summed E-state index contributed by atoms with van der Waals surface area (Å²) in [6.45, 7) is 14.0. The monoisotopic (exact) mass is 320 g/mol. The molecule has 0 saturated heterocycles. The summed E-state index contributed by atoms with van der Waals surface area (Å²) in [5.41, 5.74) is 3.89. The minimum Gasteiger partial charge on any atom is -0.254 e. The molecule has 3 aromatic rings. The number of aromatic nitrogens is 2. The van der Waals surface area contributed by atoms with E-state index in [9.17, 15) is 0 Å². The van der Waals surface area contributed by atoms with E-state index in [4.69, 9.17) is 0 Å². The van der Waals surface area contributed by atoms with Gasteiger partial charge < -0.3 is 0 Å². The lowest BCUT2D eigenvalue weighted by Crippen LogP contribution is -2.24. The van der Waals surface area contributed by atoms with E-state index in [1.165, 1.54) is 16.3 Å². The van der Waals surface area contributed by atoms with Crippen LogP contribution in [0.5, 0.6) is 0 Å². The Morgan fingerprint density at radius 3 is 2.12 bits per heavy atom. The molecular weight excluding hydrogens is 292 g/mol. The lowest BCUT2D eigenvalue weighted by molar-refractivity contribution is 0.230. The van der Waals surface area contributed by atoms with Crippen molar-refractivity contribution in [1.82, 2.24) is 9.97 Å². The lowest BCUT2D eigenvalue weighted by Gasteiger charge is -2.36. The average molecular weight is 320 g/mol. The zero-order valence-corrected chi connectivity index (χ0v) is 15.7. The maximum Gasteiger partial charge on any atom is 0.0967 e.